The fraction of sp³-hybridized carbons (Fsp3) is 0.138. The molecular formula is C29H24N6O3. The van der Waals surface area contributed by atoms with Crippen molar-refractivity contribution in [1.29, 1.82) is 0 Å². The summed E-state index contributed by atoms with van der Waals surface area (Å²) in [5.41, 5.74) is 3.77. The summed E-state index contributed by atoms with van der Waals surface area (Å²) >= 11 is 0. The molecule has 188 valence electrons. The summed E-state index contributed by atoms with van der Waals surface area (Å²) < 4.78 is 8.57. The number of carbonyl (C=O) groups is 1. The van der Waals surface area contributed by atoms with Crippen molar-refractivity contribution >= 4 is 23.0 Å². The van der Waals surface area contributed by atoms with E-state index < -0.39 is 12.0 Å². The van der Waals surface area contributed by atoms with Crippen LogP contribution in [0.25, 0.3) is 28.3 Å². The van der Waals surface area contributed by atoms with Gasteiger partial charge in [0.05, 0.1) is 29.5 Å². The number of aromatic nitrogens is 5. The first-order valence-corrected chi connectivity index (χ1v) is 12.3. The molecule has 3 aromatic heterocycles. The van der Waals surface area contributed by atoms with Gasteiger partial charge in [0, 0.05) is 23.5 Å². The number of carbonyl (C=O) groups excluding carboxylic acids is 1. The monoisotopic (exact) mass is 504 g/mol. The Morgan fingerprint density at radius 3 is 2.37 bits per heavy atom. The maximum atomic E-state index is 14.2. The summed E-state index contributed by atoms with van der Waals surface area (Å²) in [6.45, 7) is 3.89. The Balaban J connectivity index is 1.80. The molecule has 1 aliphatic heterocycles. The second-order valence-electron chi connectivity index (χ2n) is 8.84. The van der Waals surface area contributed by atoms with Gasteiger partial charge in [0.1, 0.15) is 5.82 Å². The number of rotatable bonds is 5. The fourth-order valence-corrected chi connectivity index (χ4v) is 4.93. The zero-order chi connectivity index (χ0) is 26.2. The highest BCUT2D eigenvalue weighted by Gasteiger charge is 2.36. The minimum absolute atomic E-state index is 0.235. The molecular weight excluding hydrogens is 480 g/mol. The molecule has 0 radical (unpaired) electrons. The number of nitrogens with zero attached hydrogens (tertiary/aromatic N) is 5. The van der Waals surface area contributed by atoms with Crippen LogP contribution < -0.4 is 11.0 Å². The zero-order valence-corrected chi connectivity index (χ0v) is 20.8. The summed E-state index contributed by atoms with van der Waals surface area (Å²) in [5.74, 6) is 0.451. The lowest BCUT2D eigenvalue weighted by atomic mass is 9.87. The van der Waals surface area contributed by atoms with Gasteiger partial charge in [-0.3, -0.25) is 4.98 Å². The van der Waals surface area contributed by atoms with Gasteiger partial charge in [-0.1, -0.05) is 48.5 Å². The van der Waals surface area contributed by atoms with Gasteiger partial charge in [-0.25, -0.2) is 18.6 Å². The predicted molar refractivity (Wildman–Crippen MR) is 144 cm³/mol. The average Bonchev–Trinajstić information content (AvgIpc) is 3.40. The van der Waals surface area contributed by atoms with Crippen LogP contribution in [0.5, 0.6) is 0 Å². The summed E-state index contributed by atoms with van der Waals surface area (Å²) in [5, 5.41) is 12.3. The Morgan fingerprint density at radius 2 is 1.68 bits per heavy atom. The number of hydrogen-bond acceptors (Lipinski definition) is 7. The standard InChI is InChI=1S/C29H24N6O3/c1-3-38-28(36)22-18(2)31-26-24(23(22)19-11-6-4-7-12-19)27-33-32-25(20-13-10-16-30-17-20)35(27)29(37)34(26)21-14-8-5-9-15-21/h4-18,31H,3H2,1-2H3. The van der Waals surface area contributed by atoms with Crippen molar-refractivity contribution in [2.24, 2.45) is 0 Å². The van der Waals surface area contributed by atoms with Crippen LogP contribution in [0.15, 0.2) is 95.6 Å². The second kappa shape index (κ2) is 9.44. The van der Waals surface area contributed by atoms with Crippen molar-refractivity contribution in [2.75, 3.05) is 11.9 Å². The molecule has 5 aromatic rings. The minimum atomic E-state index is -0.450. The SMILES string of the molecule is CCOC(=O)C1=C(c2ccccc2)c2c(n(-c3ccccc3)c(=O)n3c(-c4cccnc4)nnc23)NC1C. The number of anilines is 1. The molecule has 0 amide bonds. The van der Waals surface area contributed by atoms with Gasteiger partial charge in [-0.2, -0.15) is 0 Å². The summed E-state index contributed by atoms with van der Waals surface area (Å²) in [4.78, 5) is 31.7. The Labute approximate surface area is 218 Å². The van der Waals surface area contributed by atoms with Crippen LogP contribution in [0.2, 0.25) is 0 Å². The van der Waals surface area contributed by atoms with E-state index in [4.69, 9.17) is 4.74 Å². The van der Waals surface area contributed by atoms with Crippen LogP contribution in [0, 0.1) is 0 Å². The molecule has 1 atom stereocenters. The molecule has 1 N–H and O–H groups in total. The molecule has 0 fully saturated rings. The Morgan fingerprint density at radius 1 is 0.974 bits per heavy atom. The van der Waals surface area contributed by atoms with Crippen molar-refractivity contribution in [3.8, 4) is 17.1 Å². The molecule has 0 saturated heterocycles. The molecule has 4 heterocycles. The largest absolute Gasteiger partial charge is 0.463 e. The van der Waals surface area contributed by atoms with Crippen LogP contribution in [-0.2, 0) is 9.53 Å². The first kappa shape index (κ1) is 23.4. The normalized spacial score (nSPS) is 14.7. The number of hydrogen-bond donors (Lipinski definition) is 1. The van der Waals surface area contributed by atoms with Gasteiger partial charge in [-0.15, -0.1) is 10.2 Å². The lowest BCUT2D eigenvalue weighted by molar-refractivity contribution is -0.138. The van der Waals surface area contributed by atoms with Crippen molar-refractivity contribution in [3.05, 3.63) is 112 Å². The maximum Gasteiger partial charge on any atom is 0.341 e. The lowest BCUT2D eigenvalue weighted by Gasteiger charge is -2.31. The maximum absolute atomic E-state index is 14.2. The van der Waals surface area contributed by atoms with Gasteiger partial charge in [-0.05, 0) is 43.7 Å². The van der Waals surface area contributed by atoms with Gasteiger partial charge in [0.2, 0.25) is 0 Å². The summed E-state index contributed by atoms with van der Waals surface area (Å²) in [7, 11) is 0. The molecule has 9 nitrogen and oxygen atoms in total. The first-order chi connectivity index (χ1) is 18.6. The second-order valence-corrected chi connectivity index (χ2v) is 8.84. The Hall–Kier alpha value is -5.05. The van der Waals surface area contributed by atoms with Gasteiger partial charge >= 0.3 is 11.7 Å². The number of nitrogens with one attached hydrogen (secondary N) is 1. The van der Waals surface area contributed by atoms with E-state index in [1.807, 2.05) is 73.7 Å². The number of esters is 1. The van der Waals surface area contributed by atoms with Gasteiger partial charge in [0.15, 0.2) is 11.5 Å². The fourth-order valence-electron chi connectivity index (χ4n) is 4.93. The summed E-state index contributed by atoms with van der Waals surface area (Å²) in [6.07, 6.45) is 3.30. The summed E-state index contributed by atoms with van der Waals surface area (Å²) in [6, 6.07) is 22.1. The molecule has 6 rings (SSSR count). The quantitative estimate of drug-likeness (QED) is 0.359. The third-order valence-electron chi connectivity index (χ3n) is 6.53. The minimum Gasteiger partial charge on any atom is -0.463 e. The van der Waals surface area contributed by atoms with Crippen molar-refractivity contribution in [3.63, 3.8) is 0 Å². The van der Waals surface area contributed by atoms with E-state index in [9.17, 15) is 9.59 Å². The molecule has 9 heteroatoms. The van der Waals surface area contributed by atoms with E-state index in [2.05, 4.69) is 20.5 Å². The van der Waals surface area contributed by atoms with E-state index in [-0.39, 0.29) is 12.3 Å². The zero-order valence-electron chi connectivity index (χ0n) is 20.8. The van der Waals surface area contributed by atoms with E-state index in [0.29, 0.717) is 45.2 Å². The van der Waals surface area contributed by atoms with Crippen LogP contribution in [0.4, 0.5) is 5.82 Å². The van der Waals surface area contributed by atoms with E-state index >= 15 is 0 Å². The number of para-hydroxylation sites is 1. The highest BCUT2D eigenvalue weighted by Crippen LogP contribution is 2.41. The van der Waals surface area contributed by atoms with Gasteiger partial charge in [0.25, 0.3) is 0 Å². The van der Waals surface area contributed by atoms with E-state index in [0.717, 1.165) is 5.56 Å². The van der Waals surface area contributed by atoms with E-state index in [1.54, 1.807) is 30.0 Å². The number of ether oxygens (including phenoxy) is 1. The highest BCUT2D eigenvalue weighted by molar-refractivity contribution is 6.08. The Bertz CT molecular complexity index is 1740. The van der Waals surface area contributed by atoms with Gasteiger partial charge < -0.3 is 10.1 Å². The smallest absolute Gasteiger partial charge is 0.341 e. The van der Waals surface area contributed by atoms with Crippen molar-refractivity contribution < 1.29 is 9.53 Å². The number of pyridine rings is 1. The van der Waals surface area contributed by atoms with Crippen LogP contribution in [-0.4, -0.2) is 42.8 Å². The topological polar surface area (TPSA) is 103 Å². The Kier molecular flexibility index (Phi) is 5.80. The number of benzene rings is 2. The molecule has 1 aliphatic rings. The molecule has 38 heavy (non-hydrogen) atoms. The average molecular weight is 505 g/mol. The molecule has 0 spiro atoms. The molecule has 0 saturated carbocycles. The molecule has 0 bridgehead atoms. The third-order valence-corrected chi connectivity index (χ3v) is 6.53. The van der Waals surface area contributed by atoms with Crippen molar-refractivity contribution in [2.45, 2.75) is 19.9 Å². The number of fused-ring (bicyclic) bond motifs is 3. The lowest BCUT2D eigenvalue weighted by Crippen LogP contribution is -2.37. The molecule has 1 unspecified atom stereocenters. The highest BCUT2D eigenvalue weighted by atomic mass is 16.5. The van der Waals surface area contributed by atoms with Crippen LogP contribution in [0.3, 0.4) is 0 Å². The molecule has 0 aliphatic carbocycles. The van der Waals surface area contributed by atoms with Crippen LogP contribution >= 0.6 is 0 Å². The van der Waals surface area contributed by atoms with Crippen molar-refractivity contribution in [1.82, 2.24) is 24.1 Å². The van der Waals surface area contributed by atoms with E-state index in [1.165, 1.54) is 4.40 Å². The van der Waals surface area contributed by atoms with Crippen LogP contribution in [0.1, 0.15) is 25.0 Å². The first-order valence-electron chi connectivity index (χ1n) is 12.3. The predicted octanol–water partition coefficient (Wildman–Crippen LogP) is 4.12. The molecule has 2 aromatic carbocycles. The third kappa shape index (κ3) is 3.67.